The molecule has 4 aromatic rings. The van der Waals surface area contributed by atoms with Crippen molar-refractivity contribution in [2.75, 3.05) is 12.8 Å². The van der Waals surface area contributed by atoms with Crippen LogP contribution in [0.4, 0.5) is 4.39 Å². The number of rotatable bonds is 8. The number of amides is 1. The van der Waals surface area contributed by atoms with Crippen LogP contribution in [-0.4, -0.2) is 43.4 Å². The van der Waals surface area contributed by atoms with Crippen molar-refractivity contribution in [3.05, 3.63) is 90.0 Å². The summed E-state index contributed by atoms with van der Waals surface area (Å²) in [6.45, 7) is 4.48. The fourth-order valence-corrected chi connectivity index (χ4v) is 4.53. The third-order valence-electron chi connectivity index (χ3n) is 5.47. The molecule has 0 aliphatic rings. The minimum absolute atomic E-state index is 0.122. The van der Waals surface area contributed by atoms with E-state index in [9.17, 15) is 9.18 Å². The number of aromatic nitrogens is 4. The lowest BCUT2D eigenvalue weighted by Gasteiger charge is -2.19. The first-order chi connectivity index (χ1) is 16.5. The Hall–Kier alpha value is -3.52. The van der Waals surface area contributed by atoms with Crippen molar-refractivity contribution in [3.8, 4) is 17.1 Å². The summed E-state index contributed by atoms with van der Waals surface area (Å²) in [5.74, 6) is 0.659. The number of benzene rings is 2. The standard InChI is InChI=1S/C26H26FN5OS/c1-18(2)21-11-5-7-13-23(21)32-25(19-10-8-14-28-15-19)29-30-26(32)34-17-24(33)31(3)16-20-9-4-6-12-22(20)27/h4-15,18H,16-17H2,1-3H3. The fourth-order valence-electron chi connectivity index (χ4n) is 3.65. The zero-order valence-corrected chi connectivity index (χ0v) is 20.2. The Morgan fingerprint density at radius 2 is 1.82 bits per heavy atom. The number of hydrogen-bond donors (Lipinski definition) is 0. The average Bonchev–Trinajstić information content (AvgIpc) is 3.28. The Labute approximate surface area is 202 Å². The van der Waals surface area contributed by atoms with Gasteiger partial charge in [-0.05, 0) is 35.7 Å². The van der Waals surface area contributed by atoms with E-state index >= 15 is 0 Å². The summed E-state index contributed by atoms with van der Waals surface area (Å²) in [4.78, 5) is 18.6. The molecule has 2 aromatic heterocycles. The first kappa shape index (κ1) is 23.6. The summed E-state index contributed by atoms with van der Waals surface area (Å²) in [6, 6.07) is 18.4. The molecule has 0 spiro atoms. The number of thioether (sulfide) groups is 1. The van der Waals surface area contributed by atoms with Crippen molar-refractivity contribution in [1.82, 2.24) is 24.6 Å². The highest BCUT2D eigenvalue weighted by atomic mass is 32.2. The van der Waals surface area contributed by atoms with Gasteiger partial charge in [0.15, 0.2) is 11.0 Å². The average molecular weight is 476 g/mol. The maximum absolute atomic E-state index is 14.0. The van der Waals surface area contributed by atoms with Crippen LogP contribution in [0.25, 0.3) is 17.1 Å². The lowest BCUT2D eigenvalue weighted by molar-refractivity contribution is -0.127. The lowest BCUT2D eigenvalue weighted by Crippen LogP contribution is -2.28. The Balaban J connectivity index is 1.62. The molecule has 0 fully saturated rings. The fraction of sp³-hybridized carbons (Fsp3) is 0.231. The summed E-state index contributed by atoms with van der Waals surface area (Å²) in [5.41, 5.74) is 3.44. The molecule has 2 heterocycles. The summed E-state index contributed by atoms with van der Waals surface area (Å²) in [5, 5.41) is 9.47. The van der Waals surface area contributed by atoms with Gasteiger partial charge in [-0.3, -0.25) is 14.3 Å². The van der Waals surface area contributed by atoms with Gasteiger partial charge in [0.05, 0.1) is 11.4 Å². The molecule has 0 saturated heterocycles. The first-order valence-electron chi connectivity index (χ1n) is 11.0. The number of nitrogens with zero attached hydrogens (tertiary/aromatic N) is 5. The van der Waals surface area contributed by atoms with Gasteiger partial charge in [0.2, 0.25) is 5.91 Å². The predicted octanol–water partition coefficient (Wildman–Crippen LogP) is 5.34. The molecule has 0 bridgehead atoms. The highest BCUT2D eigenvalue weighted by Crippen LogP contribution is 2.32. The van der Waals surface area contributed by atoms with Crippen LogP contribution in [0.3, 0.4) is 0 Å². The number of halogens is 1. The molecule has 8 heteroatoms. The van der Waals surface area contributed by atoms with Crippen molar-refractivity contribution in [3.63, 3.8) is 0 Å². The molecule has 0 unspecified atom stereocenters. The van der Waals surface area contributed by atoms with Crippen LogP contribution in [0.2, 0.25) is 0 Å². The van der Waals surface area contributed by atoms with E-state index in [-0.39, 0.29) is 29.9 Å². The van der Waals surface area contributed by atoms with Crippen LogP contribution in [0, 0.1) is 5.82 Å². The van der Waals surface area contributed by atoms with E-state index in [2.05, 4.69) is 35.1 Å². The second-order valence-electron chi connectivity index (χ2n) is 8.23. The number of hydrogen-bond acceptors (Lipinski definition) is 5. The van der Waals surface area contributed by atoms with Gasteiger partial charge in [-0.15, -0.1) is 10.2 Å². The molecule has 6 nitrogen and oxygen atoms in total. The second-order valence-corrected chi connectivity index (χ2v) is 9.17. The summed E-state index contributed by atoms with van der Waals surface area (Å²) < 4.78 is 16.0. The number of carbonyl (C=O) groups is 1. The molecule has 0 radical (unpaired) electrons. The highest BCUT2D eigenvalue weighted by molar-refractivity contribution is 7.99. The molecule has 174 valence electrons. The molecule has 1 amide bonds. The Kier molecular flexibility index (Phi) is 7.37. The topological polar surface area (TPSA) is 63.9 Å². The van der Waals surface area contributed by atoms with Crippen LogP contribution in [0.5, 0.6) is 0 Å². The third kappa shape index (κ3) is 5.17. The van der Waals surface area contributed by atoms with Gasteiger partial charge in [0, 0.05) is 37.1 Å². The highest BCUT2D eigenvalue weighted by Gasteiger charge is 2.21. The number of para-hydroxylation sites is 1. The molecule has 2 aromatic carbocycles. The van der Waals surface area contributed by atoms with Crippen molar-refractivity contribution in [2.24, 2.45) is 0 Å². The van der Waals surface area contributed by atoms with Gasteiger partial charge in [0.1, 0.15) is 5.82 Å². The van der Waals surface area contributed by atoms with Gasteiger partial charge >= 0.3 is 0 Å². The normalized spacial score (nSPS) is 11.1. The van der Waals surface area contributed by atoms with Crippen molar-refractivity contribution >= 4 is 17.7 Å². The lowest BCUT2D eigenvalue weighted by atomic mass is 10.0. The predicted molar refractivity (Wildman–Crippen MR) is 132 cm³/mol. The number of pyridine rings is 1. The Morgan fingerprint density at radius 3 is 2.56 bits per heavy atom. The summed E-state index contributed by atoms with van der Waals surface area (Å²) in [6.07, 6.45) is 3.46. The van der Waals surface area contributed by atoms with E-state index in [4.69, 9.17) is 0 Å². The zero-order chi connectivity index (χ0) is 24.1. The maximum atomic E-state index is 14.0. The van der Waals surface area contributed by atoms with Gasteiger partial charge in [-0.25, -0.2) is 4.39 Å². The molecular formula is C26H26FN5OS. The van der Waals surface area contributed by atoms with Gasteiger partial charge in [0.25, 0.3) is 0 Å². The van der Waals surface area contributed by atoms with Crippen molar-refractivity contribution < 1.29 is 9.18 Å². The minimum atomic E-state index is -0.319. The quantitative estimate of drug-likeness (QED) is 0.322. The largest absolute Gasteiger partial charge is 0.341 e. The minimum Gasteiger partial charge on any atom is -0.341 e. The third-order valence-corrected chi connectivity index (χ3v) is 6.38. The molecule has 0 N–H and O–H groups in total. The van der Waals surface area contributed by atoms with Gasteiger partial charge < -0.3 is 4.90 Å². The molecule has 0 atom stereocenters. The molecule has 0 aliphatic carbocycles. The monoisotopic (exact) mass is 475 g/mol. The molecule has 0 aliphatic heterocycles. The molecule has 0 saturated carbocycles. The Morgan fingerprint density at radius 1 is 1.06 bits per heavy atom. The SMILES string of the molecule is CC(C)c1ccccc1-n1c(SCC(=O)N(C)Cc2ccccc2F)nnc1-c1cccnc1. The van der Waals surface area contributed by atoms with Crippen LogP contribution in [0.1, 0.15) is 30.9 Å². The van der Waals surface area contributed by atoms with Crippen LogP contribution in [-0.2, 0) is 11.3 Å². The van der Waals surface area contributed by atoms with Crippen LogP contribution in [0.15, 0.2) is 78.2 Å². The summed E-state index contributed by atoms with van der Waals surface area (Å²) >= 11 is 1.31. The van der Waals surface area contributed by atoms with E-state index in [1.54, 1.807) is 37.6 Å². The Bertz CT molecular complexity index is 1280. The number of carbonyl (C=O) groups excluding carboxylic acids is 1. The second kappa shape index (κ2) is 10.6. The van der Waals surface area contributed by atoms with E-state index < -0.39 is 0 Å². The van der Waals surface area contributed by atoms with Crippen molar-refractivity contribution in [2.45, 2.75) is 31.5 Å². The summed E-state index contributed by atoms with van der Waals surface area (Å²) in [7, 11) is 1.68. The molecule has 4 rings (SSSR count). The van der Waals surface area contributed by atoms with E-state index in [0.717, 1.165) is 16.8 Å². The van der Waals surface area contributed by atoms with Crippen LogP contribution >= 0.6 is 11.8 Å². The first-order valence-corrected chi connectivity index (χ1v) is 12.0. The van der Waals surface area contributed by atoms with Crippen molar-refractivity contribution in [1.29, 1.82) is 0 Å². The molecular weight excluding hydrogens is 449 g/mol. The molecule has 34 heavy (non-hydrogen) atoms. The smallest absolute Gasteiger partial charge is 0.233 e. The van der Waals surface area contributed by atoms with E-state index in [0.29, 0.717) is 16.5 Å². The van der Waals surface area contributed by atoms with E-state index in [1.807, 2.05) is 34.9 Å². The van der Waals surface area contributed by atoms with E-state index in [1.165, 1.54) is 22.7 Å². The van der Waals surface area contributed by atoms with Gasteiger partial charge in [-0.2, -0.15) is 0 Å². The van der Waals surface area contributed by atoms with Crippen LogP contribution < -0.4 is 0 Å². The van der Waals surface area contributed by atoms with Gasteiger partial charge in [-0.1, -0.05) is 62.0 Å². The zero-order valence-electron chi connectivity index (χ0n) is 19.4. The maximum Gasteiger partial charge on any atom is 0.233 e.